The molecule has 3 rings (SSSR count). The van der Waals surface area contributed by atoms with Crippen LogP contribution in [-0.2, 0) is 0 Å². The maximum Gasteiger partial charge on any atom is 0.343 e. The molecule has 2 aromatic rings. The van der Waals surface area contributed by atoms with Gasteiger partial charge in [0, 0.05) is 26.2 Å². The number of benzene rings is 2. The van der Waals surface area contributed by atoms with Crippen LogP contribution in [0, 0.1) is 0 Å². The summed E-state index contributed by atoms with van der Waals surface area (Å²) in [6, 6.07) is 13.5. The number of hydrogen-bond donors (Lipinski definition) is 0. The molecule has 6 nitrogen and oxygen atoms in total. The highest BCUT2D eigenvalue weighted by Crippen LogP contribution is 2.21. The van der Waals surface area contributed by atoms with Gasteiger partial charge in [-0.25, -0.2) is 4.79 Å². The number of likely N-dealkylation sites (N-methyl/N-ethyl adjacent to an activating group) is 1. The van der Waals surface area contributed by atoms with E-state index in [1.165, 1.54) is 0 Å². The second-order valence-electron chi connectivity index (χ2n) is 6.62. The van der Waals surface area contributed by atoms with Crippen molar-refractivity contribution in [3.05, 3.63) is 59.7 Å². The molecule has 0 unspecified atom stereocenters. The number of Topliss-reactive ketones (excluding diaryl/α,β-unsaturated/α-hetero) is 1. The Hall–Kier alpha value is -2.70. The second kappa shape index (κ2) is 8.79. The minimum Gasteiger partial charge on any atom is -0.497 e. The van der Waals surface area contributed by atoms with Gasteiger partial charge in [-0.2, -0.15) is 0 Å². The largest absolute Gasteiger partial charge is 0.497 e. The molecule has 1 fully saturated rings. The van der Waals surface area contributed by atoms with Crippen molar-refractivity contribution in [2.75, 3.05) is 46.9 Å². The third kappa shape index (κ3) is 4.93. The topological polar surface area (TPSA) is 59.1 Å². The van der Waals surface area contributed by atoms with E-state index in [2.05, 4.69) is 16.8 Å². The number of carbonyl (C=O) groups excluding carboxylic acids is 2. The van der Waals surface area contributed by atoms with Crippen LogP contribution in [-0.4, -0.2) is 68.4 Å². The van der Waals surface area contributed by atoms with Crippen molar-refractivity contribution in [3.63, 3.8) is 0 Å². The Kier molecular flexibility index (Phi) is 6.21. The maximum absolute atomic E-state index is 12.8. The monoisotopic (exact) mass is 368 g/mol. The van der Waals surface area contributed by atoms with Crippen molar-refractivity contribution in [1.82, 2.24) is 9.80 Å². The summed E-state index contributed by atoms with van der Waals surface area (Å²) in [7, 11) is 3.64. The van der Waals surface area contributed by atoms with Crippen molar-refractivity contribution in [2.24, 2.45) is 0 Å². The molecule has 27 heavy (non-hydrogen) atoms. The van der Waals surface area contributed by atoms with E-state index >= 15 is 0 Å². The van der Waals surface area contributed by atoms with E-state index in [1.54, 1.807) is 55.6 Å². The standard InChI is InChI=1S/C21H24N2O4/c1-22-11-13-23(14-12-22)15-19(24)18-5-3-4-6-20(18)27-21(25)16-7-9-17(26-2)10-8-16/h3-10H,11-15H2,1-2H3. The summed E-state index contributed by atoms with van der Waals surface area (Å²) in [6.45, 7) is 3.93. The van der Waals surface area contributed by atoms with E-state index in [-0.39, 0.29) is 11.5 Å². The molecule has 0 N–H and O–H groups in total. The molecule has 0 aromatic heterocycles. The number of nitrogens with zero attached hydrogens (tertiary/aromatic N) is 2. The Balaban J connectivity index is 1.69. The highest BCUT2D eigenvalue weighted by atomic mass is 16.5. The minimum atomic E-state index is -0.502. The molecule has 0 aliphatic carbocycles. The lowest BCUT2D eigenvalue weighted by Crippen LogP contribution is -2.46. The summed E-state index contributed by atoms with van der Waals surface area (Å²) in [6.07, 6.45) is 0. The Morgan fingerprint density at radius 1 is 0.963 bits per heavy atom. The van der Waals surface area contributed by atoms with E-state index in [0.29, 0.717) is 23.4 Å². The van der Waals surface area contributed by atoms with Crippen LogP contribution in [0.15, 0.2) is 48.5 Å². The summed E-state index contributed by atoms with van der Waals surface area (Å²) in [4.78, 5) is 29.5. The van der Waals surface area contributed by atoms with Crippen LogP contribution in [0.4, 0.5) is 0 Å². The van der Waals surface area contributed by atoms with Crippen LogP contribution >= 0.6 is 0 Å². The van der Waals surface area contributed by atoms with Gasteiger partial charge in [0.25, 0.3) is 0 Å². The van der Waals surface area contributed by atoms with Gasteiger partial charge in [0.05, 0.1) is 24.8 Å². The molecule has 6 heteroatoms. The third-order valence-corrected chi connectivity index (χ3v) is 4.68. The predicted octanol–water partition coefficient (Wildman–Crippen LogP) is 2.34. The fourth-order valence-corrected chi connectivity index (χ4v) is 2.97. The van der Waals surface area contributed by atoms with E-state index in [1.807, 2.05) is 0 Å². The van der Waals surface area contributed by atoms with Crippen molar-refractivity contribution in [3.8, 4) is 11.5 Å². The third-order valence-electron chi connectivity index (χ3n) is 4.68. The second-order valence-corrected chi connectivity index (χ2v) is 6.62. The Morgan fingerprint density at radius 3 is 2.30 bits per heavy atom. The van der Waals surface area contributed by atoms with Crippen LogP contribution in [0.1, 0.15) is 20.7 Å². The zero-order valence-corrected chi connectivity index (χ0v) is 15.7. The molecule has 1 saturated heterocycles. The van der Waals surface area contributed by atoms with Gasteiger partial charge in [-0.3, -0.25) is 9.69 Å². The van der Waals surface area contributed by atoms with Crippen molar-refractivity contribution >= 4 is 11.8 Å². The minimum absolute atomic E-state index is 0.0438. The highest BCUT2D eigenvalue weighted by molar-refractivity contribution is 6.01. The quantitative estimate of drug-likeness (QED) is 0.443. The summed E-state index contributed by atoms with van der Waals surface area (Å²) in [5.41, 5.74) is 0.829. The zero-order chi connectivity index (χ0) is 19.2. The molecule has 142 valence electrons. The van der Waals surface area contributed by atoms with Crippen LogP contribution in [0.25, 0.3) is 0 Å². The van der Waals surface area contributed by atoms with Crippen molar-refractivity contribution < 1.29 is 19.1 Å². The summed E-state index contributed by atoms with van der Waals surface area (Å²) >= 11 is 0. The van der Waals surface area contributed by atoms with E-state index < -0.39 is 5.97 Å². The summed E-state index contributed by atoms with van der Waals surface area (Å²) in [5, 5.41) is 0. The average Bonchev–Trinajstić information content (AvgIpc) is 2.70. The zero-order valence-electron chi connectivity index (χ0n) is 15.7. The van der Waals surface area contributed by atoms with Gasteiger partial charge in [-0.1, -0.05) is 12.1 Å². The Morgan fingerprint density at radius 2 is 1.63 bits per heavy atom. The fourth-order valence-electron chi connectivity index (χ4n) is 2.97. The number of rotatable bonds is 6. The smallest absolute Gasteiger partial charge is 0.343 e. The number of para-hydroxylation sites is 1. The van der Waals surface area contributed by atoms with Crippen molar-refractivity contribution in [2.45, 2.75) is 0 Å². The molecule has 0 bridgehead atoms. The van der Waals surface area contributed by atoms with Crippen LogP contribution in [0.2, 0.25) is 0 Å². The van der Waals surface area contributed by atoms with Crippen LogP contribution in [0.3, 0.4) is 0 Å². The first-order valence-electron chi connectivity index (χ1n) is 8.96. The molecular weight excluding hydrogens is 344 g/mol. The average molecular weight is 368 g/mol. The molecule has 0 saturated carbocycles. The first kappa shape index (κ1) is 19.1. The van der Waals surface area contributed by atoms with Crippen LogP contribution in [0.5, 0.6) is 11.5 Å². The normalized spacial score (nSPS) is 15.3. The molecule has 0 atom stereocenters. The summed E-state index contributed by atoms with van der Waals surface area (Å²) in [5.74, 6) is 0.405. The van der Waals surface area contributed by atoms with Gasteiger partial charge in [0.15, 0.2) is 5.78 Å². The first-order valence-corrected chi connectivity index (χ1v) is 8.96. The molecule has 0 radical (unpaired) electrons. The number of ketones is 1. The molecule has 1 heterocycles. The predicted molar refractivity (Wildman–Crippen MR) is 103 cm³/mol. The molecular formula is C21H24N2O4. The number of ether oxygens (including phenoxy) is 2. The molecule has 2 aromatic carbocycles. The fraction of sp³-hybridized carbons (Fsp3) is 0.333. The molecule has 1 aliphatic heterocycles. The molecule has 0 amide bonds. The lowest BCUT2D eigenvalue weighted by atomic mass is 10.1. The number of hydrogen-bond acceptors (Lipinski definition) is 6. The Bertz CT molecular complexity index is 796. The lowest BCUT2D eigenvalue weighted by Gasteiger charge is -2.31. The SMILES string of the molecule is COc1ccc(C(=O)Oc2ccccc2C(=O)CN2CCN(C)CC2)cc1. The van der Waals surface area contributed by atoms with Gasteiger partial charge in [-0.05, 0) is 43.4 Å². The Labute approximate surface area is 159 Å². The number of piperazine rings is 1. The number of methoxy groups -OCH3 is 1. The van der Waals surface area contributed by atoms with Gasteiger partial charge in [0.2, 0.25) is 0 Å². The van der Waals surface area contributed by atoms with Gasteiger partial charge in [0.1, 0.15) is 11.5 Å². The maximum atomic E-state index is 12.8. The van der Waals surface area contributed by atoms with Gasteiger partial charge in [-0.15, -0.1) is 0 Å². The van der Waals surface area contributed by atoms with Crippen molar-refractivity contribution in [1.29, 1.82) is 0 Å². The highest BCUT2D eigenvalue weighted by Gasteiger charge is 2.21. The first-order chi connectivity index (χ1) is 13.1. The van der Waals surface area contributed by atoms with E-state index in [9.17, 15) is 9.59 Å². The number of carbonyl (C=O) groups is 2. The van der Waals surface area contributed by atoms with E-state index in [0.717, 1.165) is 26.2 Å². The number of esters is 1. The van der Waals surface area contributed by atoms with E-state index in [4.69, 9.17) is 9.47 Å². The molecule has 1 aliphatic rings. The van der Waals surface area contributed by atoms with Gasteiger partial charge < -0.3 is 14.4 Å². The molecule has 0 spiro atoms. The van der Waals surface area contributed by atoms with Crippen LogP contribution < -0.4 is 9.47 Å². The summed E-state index contributed by atoms with van der Waals surface area (Å²) < 4.78 is 10.6. The van der Waals surface area contributed by atoms with Gasteiger partial charge >= 0.3 is 5.97 Å². The lowest BCUT2D eigenvalue weighted by molar-refractivity contribution is 0.0730.